The first kappa shape index (κ1) is 29.5. The molecule has 0 radical (unpaired) electrons. The first-order chi connectivity index (χ1) is 15.6. The minimum atomic E-state index is -0.578. The van der Waals surface area contributed by atoms with Crippen molar-refractivity contribution in [2.24, 2.45) is 0 Å². The van der Waals surface area contributed by atoms with E-state index in [1.807, 2.05) is 0 Å². The van der Waals surface area contributed by atoms with Gasteiger partial charge >= 0.3 is 0 Å². The zero-order valence-electron chi connectivity index (χ0n) is 20.7. The lowest BCUT2D eigenvalue weighted by Gasteiger charge is -2.36. The Kier molecular flexibility index (Phi) is 11.6. The lowest BCUT2D eigenvalue weighted by Crippen LogP contribution is -2.45. The number of methoxy groups -OCH3 is 2. The summed E-state index contributed by atoms with van der Waals surface area (Å²) in [6.45, 7) is 11.4. The van der Waals surface area contributed by atoms with Crippen LogP contribution in [0.3, 0.4) is 0 Å². The van der Waals surface area contributed by atoms with Crippen LogP contribution in [0.4, 0.5) is 5.13 Å². The highest BCUT2D eigenvalue weighted by molar-refractivity contribution is 7.14. The fourth-order valence-corrected chi connectivity index (χ4v) is 4.58. The third kappa shape index (κ3) is 7.48. The standard InChI is InChI=1S/C23H34N4O5S.ClH/c1-13(2)27(14(3)4)15(5)8-9-24-22(30)17-12-33-23(25-17)26-21(29)16-10-19(31-6)20(32-7)11-18(16)28;/h10-15,28H,8-9H2,1-7H3,(H,24,30)(H,25,26,29);1H. The maximum absolute atomic E-state index is 12.6. The van der Waals surface area contributed by atoms with Gasteiger partial charge in [-0.05, 0) is 41.0 Å². The summed E-state index contributed by atoms with van der Waals surface area (Å²) in [5.41, 5.74) is 0.228. The van der Waals surface area contributed by atoms with Crippen LogP contribution in [0.1, 0.15) is 61.9 Å². The van der Waals surface area contributed by atoms with Crippen LogP contribution in [-0.4, -0.2) is 65.7 Å². The largest absolute Gasteiger partial charge is 0.507 e. The van der Waals surface area contributed by atoms with Crippen molar-refractivity contribution in [3.05, 3.63) is 28.8 Å². The number of phenolic OH excluding ortho intramolecular Hbond substituents is 1. The quantitative estimate of drug-likeness (QED) is 0.412. The van der Waals surface area contributed by atoms with Gasteiger partial charge in [0.05, 0.1) is 19.8 Å². The van der Waals surface area contributed by atoms with Gasteiger partial charge in [-0.1, -0.05) is 0 Å². The fraction of sp³-hybridized carbons (Fsp3) is 0.522. The fourth-order valence-electron chi connectivity index (χ4n) is 3.90. The molecule has 1 aromatic carbocycles. The number of thiazole rings is 1. The molecule has 1 atom stereocenters. The van der Waals surface area contributed by atoms with Crippen molar-refractivity contribution in [1.29, 1.82) is 0 Å². The van der Waals surface area contributed by atoms with Crippen molar-refractivity contribution >= 4 is 40.7 Å². The van der Waals surface area contributed by atoms with Gasteiger partial charge in [-0.25, -0.2) is 4.98 Å². The number of hydrogen-bond donors (Lipinski definition) is 3. The molecule has 0 aliphatic heterocycles. The number of nitrogens with zero attached hydrogens (tertiary/aromatic N) is 2. The van der Waals surface area contributed by atoms with E-state index in [2.05, 4.69) is 55.1 Å². The Balaban J connectivity index is 0.00000578. The number of anilines is 1. The number of phenols is 1. The van der Waals surface area contributed by atoms with E-state index in [0.29, 0.717) is 36.2 Å². The van der Waals surface area contributed by atoms with Crippen molar-refractivity contribution in [2.45, 2.75) is 59.2 Å². The summed E-state index contributed by atoms with van der Waals surface area (Å²) in [5.74, 6) is -0.522. The highest BCUT2D eigenvalue weighted by atomic mass is 35.5. The Morgan fingerprint density at radius 3 is 2.21 bits per heavy atom. The third-order valence-electron chi connectivity index (χ3n) is 5.25. The number of nitrogens with one attached hydrogen (secondary N) is 2. The molecule has 2 rings (SSSR count). The number of benzene rings is 1. The van der Waals surface area contributed by atoms with E-state index in [0.717, 1.165) is 17.8 Å². The molecule has 3 N–H and O–H groups in total. The van der Waals surface area contributed by atoms with E-state index in [1.54, 1.807) is 5.38 Å². The van der Waals surface area contributed by atoms with Gasteiger partial charge in [-0.2, -0.15) is 0 Å². The minimum absolute atomic E-state index is 0. The van der Waals surface area contributed by atoms with Crippen molar-refractivity contribution in [1.82, 2.24) is 15.2 Å². The average Bonchev–Trinajstić information content (AvgIpc) is 3.21. The molecule has 9 nitrogen and oxygen atoms in total. The van der Waals surface area contributed by atoms with Crippen molar-refractivity contribution < 1.29 is 24.2 Å². The van der Waals surface area contributed by atoms with Gasteiger partial charge in [0.15, 0.2) is 16.6 Å². The second kappa shape index (κ2) is 13.4. The van der Waals surface area contributed by atoms with Gasteiger partial charge in [-0.3, -0.25) is 19.8 Å². The van der Waals surface area contributed by atoms with Crippen LogP contribution in [0.25, 0.3) is 0 Å². The number of halogens is 1. The topological polar surface area (TPSA) is 113 Å². The molecule has 2 amide bonds. The molecule has 0 fully saturated rings. The first-order valence-corrected chi connectivity index (χ1v) is 11.7. The molecule has 0 saturated carbocycles. The monoisotopic (exact) mass is 514 g/mol. The Morgan fingerprint density at radius 2 is 1.65 bits per heavy atom. The van der Waals surface area contributed by atoms with E-state index in [1.165, 1.54) is 26.4 Å². The average molecular weight is 515 g/mol. The van der Waals surface area contributed by atoms with Gasteiger partial charge in [0.2, 0.25) is 0 Å². The molecule has 2 aromatic rings. The van der Waals surface area contributed by atoms with Crippen LogP contribution in [0.15, 0.2) is 17.5 Å². The van der Waals surface area contributed by atoms with E-state index in [9.17, 15) is 14.7 Å². The third-order valence-corrected chi connectivity index (χ3v) is 6.01. The number of hydrogen-bond acceptors (Lipinski definition) is 8. The molecular weight excluding hydrogens is 480 g/mol. The summed E-state index contributed by atoms with van der Waals surface area (Å²) in [7, 11) is 2.87. The highest BCUT2D eigenvalue weighted by Crippen LogP contribution is 2.34. The summed E-state index contributed by atoms with van der Waals surface area (Å²) >= 11 is 1.13. The van der Waals surface area contributed by atoms with Crippen LogP contribution in [0.5, 0.6) is 17.2 Å². The van der Waals surface area contributed by atoms with Gasteiger partial charge in [0.25, 0.3) is 11.8 Å². The van der Waals surface area contributed by atoms with Crippen LogP contribution >= 0.6 is 23.7 Å². The SMILES string of the molecule is COc1cc(O)c(C(=O)Nc2nc(C(=O)NCCC(C)N(C(C)C)C(C)C)cs2)cc1OC.Cl. The lowest BCUT2D eigenvalue weighted by molar-refractivity contribution is 0.0927. The normalized spacial score (nSPS) is 11.8. The molecule has 0 aliphatic carbocycles. The smallest absolute Gasteiger partial charge is 0.270 e. The second-order valence-electron chi connectivity index (χ2n) is 8.24. The van der Waals surface area contributed by atoms with Crippen LogP contribution in [0, 0.1) is 0 Å². The van der Waals surface area contributed by atoms with E-state index >= 15 is 0 Å². The van der Waals surface area contributed by atoms with Crippen molar-refractivity contribution in [3.8, 4) is 17.2 Å². The Morgan fingerprint density at radius 1 is 1.06 bits per heavy atom. The van der Waals surface area contributed by atoms with Gasteiger partial charge in [-0.15, -0.1) is 23.7 Å². The van der Waals surface area contributed by atoms with Gasteiger partial charge in [0.1, 0.15) is 11.4 Å². The predicted molar refractivity (Wildman–Crippen MR) is 137 cm³/mol. The molecule has 0 saturated heterocycles. The molecule has 1 unspecified atom stereocenters. The second-order valence-corrected chi connectivity index (χ2v) is 9.10. The van der Waals surface area contributed by atoms with Crippen LogP contribution in [0.2, 0.25) is 0 Å². The Hall–Kier alpha value is -2.56. The van der Waals surface area contributed by atoms with E-state index < -0.39 is 5.91 Å². The molecule has 1 heterocycles. The zero-order valence-corrected chi connectivity index (χ0v) is 22.3. The molecule has 0 spiro atoms. The number of aromatic hydroxyl groups is 1. The zero-order chi connectivity index (χ0) is 24.7. The summed E-state index contributed by atoms with van der Waals surface area (Å²) in [4.78, 5) is 31.7. The number of ether oxygens (including phenoxy) is 2. The number of rotatable bonds is 11. The minimum Gasteiger partial charge on any atom is -0.507 e. The van der Waals surface area contributed by atoms with Crippen LogP contribution in [-0.2, 0) is 0 Å². The van der Waals surface area contributed by atoms with Crippen molar-refractivity contribution in [2.75, 3.05) is 26.1 Å². The predicted octanol–water partition coefficient (Wildman–Crippen LogP) is 4.17. The lowest BCUT2D eigenvalue weighted by atomic mass is 10.1. The number of amides is 2. The number of aromatic nitrogens is 1. The van der Waals surface area contributed by atoms with Gasteiger partial charge < -0.3 is 19.9 Å². The van der Waals surface area contributed by atoms with E-state index in [-0.39, 0.29) is 40.5 Å². The molecule has 11 heteroatoms. The summed E-state index contributed by atoms with van der Waals surface area (Å²) in [6.07, 6.45) is 0.814. The van der Waals surface area contributed by atoms with Crippen molar-refractivity contribution in [3.63, 3.8) is 0 Å². The number of carbonyl (C=O) groups excluding carboxylic acids is 2. The maximum Gasteiger partial charge on any atom is 0.270 e. The van der Waals surface area contributed by atoms with Crippen LogP contribution < -0.4 is 20.1 Å². The molecule has 0 aliphatic rings. The summed E-state index contributed by atoms with van der Waals surface area (Å²) < 4.78 is 10.3. The Bertz CT molecular complexity index is 959. The first-order valence-electron chi connectivity index (χ1n) is 10.9. The Labute approximate surface area is 211 Å². The number of carbonyl (C=O) groups is 2. The molecular formula is C23H35ClN4O5S. The molecule has 0 bridgehead atoms. The molecule has 34 heavy (non-hydrogen) atoms. The summed E-state index contributed by atoms with van der Waals surface area (Å²) in [6, 6.07) is 3.85. The van der Waals surface area contributed by atoms with Gasteiger partial charge in [0, 0.05) is 42.2 Å². The van der Waals surface area contributed by atoms with E-state index in [4.69, 9.17) is 9.47 Å². The maximum atomic E-state index is 12.6. The summed E-state index contributed by atoms with van der Waals surface area (Å²) in [5, 5.41) is 17.5. The molecule has 190 valence electrons. The highest BCUT2D eigenvalue weighted by Gasteiger charge is 2.21. The molecule has 1 aromatic heterocycles.